The van der Waals surface area contributed by atoms with Gasteiger partial charge in [0, 0.05) is 15.3 Å². The number of ketones is 1. The normalized spacial score (nSPS) is 11.2. The predicted octanol–water partition coefficient (Wildman–Crippen LogP) is 5.45. The molecule has 98 valence electrons. The number of carbonyl (C=O) groups is 1. The largest absolute Gasteiger partial charge is 0.289 e. The molecule has 0 aliphatic carbocycles. The summed E-state index contributed by atoms with van der Waals surface area (Å²) < 4.78 is 1.23. The van der Waals surface area contributed by atoms with E-state index in [0.29, 0.717) is 10.6 Å². The Balaban J connectivity index is 1.87. The molecule has 0 saturated heterocycles. The molecule has 0 unspecified atom stereocenters. The quantitative estimate of drug-likeness (QED) is 0.464. The number of rotatable bonds is 3. The van der Waals surface area contributed by atoms with Crippen molar-refractivity contribution in [3.63, 3.8) is 0 Å². The minimum atomic E-state index is -0.0167. The Morgan fingerprint density at radius 1 is 1.05 bits per heavy atom. The molecule has 3 heteroatoms. The highest BCUT2D eigenvalue weighted by Gasteiger charge is 2.03. The van der Waals surface area contributed by atoms with Gasteiger partial charge in [-0.1, -0.05) is 29.8 Å². The van der Waals surface area contributed by atoms with Crippen molar-refractivity contribution in [2.24, 2.45) is 0 Å². The van der Waals surface area contributed by atoms with Crippen LogP contribution in [0.4, 0.5) is 0 Å². The Kier molecular flexibility index (Phi) is 3.68. The third-order valence-electron chi connectivity index (χ3n) is 3.05. The maximum absolute atomic E-state index is 12.1. The molecule has 1 nitrogen and oxygen atoms in total. The first-order valence-corrected chi connectivity index (χ1v) is 7.44. The summed E-state index contributed by atoms with van der Waals surface area (Å²) >= 11 is 7.50. The number of thiophene rings is 1. The van der Waals surface area contributed by atoms with Crippen LogP contribution >= 0.6 is 22.9 Å². The van der Waals surface area contributed by atoms with Crippen molar-refractivity contribution in [2.45, 2.75) is 0 Å². The number of hydrogen-bond donors (Lipinski definition) is 0. The first kappa shape index (κ1) is 13.1. The first-order chi connectivity index (χ1) is 9.74. The number of carbonyl (C=O) groups excluding carboxylic acids is 1. The smallest absolute Gasteiger partial charge is 0.185 e. The monoisotopic (exact) mass is 298 g/mol. The number of hydrogen-bond acceptors (Lipinski definition) is 2. The molecule has 0 fully saturated rings. The zero-order chi connectivity index (χ0) is 13.9. The van der Waals surface area contributed by atoms with Crippen LogP contribution in [0.3, 0.4) is 0 Å². The maximum Gasteiger partial charge on any atom is 0.185 e. The van der Waals surface area contributed by atoms with E-state index in [2.05, 4.69) is 17.5 Å². The third-order valence-corrected chi connectivity index (χ3v) is 4.29. The zero-order valence-electron chi connectivity index (χ0n) is 10.5. The lowest BCUT2D eigenvalue weighted by atomic mass is 10.1. The van der Waals surface area contributed by atoms with Gasteiger partial charge in [0.2, 0.25) is 0 Å². The van der Waals surface area contributed by atoms with Gasteiger partial charge in [0.15, 0.2) is 5.78 Å². The number of halogens is 1. The summed E-state index contributed by atoms with van der Waals surface area (Å²) in [6.45, 7) is 0. The fraction of sp³-hybridized carbons (Fsp3) is 0. The molecule has 0 amide bonds. The van der Waals surface area contributed by atoms with E-state index >= 15 is 0 Å². The van der Waals surface area contributed by atoms with E-state index in [9.17, 15) is 4.79 Å². The lowest BCUT2D eigenvalue weighted by Gasteiger charge is -1.96. The standard InChI is InChI=1S/C17H11ClOS/c18-14-8-5-12(6-9-14)16(19)10-7-13-11-20-17-4-2-1-3-15(13)17/h1-11H/b10-7+. The van der Waals surface area contributed by atoms with Crippen molar-refractivity contribution < 1.29 is 4.79 Å². The van der Waals surface area contributed by atoms with Gasteiger partial charge in [0.25, 0.3) is 0 Å². The van der Waals surface area contributed by atoms with Crippen LogP contribution in [0.5, 0.6) is 0 Å². The molecule has 3 rings (SSSR count). The van der Waals surface area contributed by atoms with Crippen LogP contribution in [0.25, 0.3) is 16.2 Å². The molecule has 1 aromatic heterocycles. The number of allylic oxidation sites excluding steroid dienone is 1. The van der Waals surface area contributed by atoms with Crippen LogP contribution in [0.1, 0.15) is 15.9 Å². The third kappa shape index (κ3) is 2.67. The minimum Gasteiger partial charge on any atom is -0.289 e. The molecule has 0 N–H and O–H groups in total. The molecule has 0 saturated carbocycles. The highest BCUT2D eigenvalue weighted by molar-refractivity contribution is 7.17. The van der Waals surface area contributed by atoms with Gasteiger partial charge in [-0.2, -0.15) is 0 Å². The average Bonchev–Trinajstić information content (AvgIpc) is 2.89. The van der Waals surface area contributed by atoms with Crippen molar-refractivity contribution in [1.29, 1.82) is 0 Å². The fourth-order valence-corrected chi connectivity index (χ4v) is 3.06. The summed E-state index contributed by atoms with van der Waals surface area (Å²) in [6.07, 6.45) is 3.48. The van der Waals surface area contributed by atoms with E-state index in [1.807, 2.05) is 18.2 Å². The summed E-state index contributed by atoms with van der Waals surface area (Å²) in [5.41, 5.74) is 1.72. The highest BCUT2D eigenvalue weighted by Crippen LogP contribution is 2.26. The molecule has 3 aromatic rings. The van der Waals surface area contributed by atoms with Gasteiger partial charge in [-0.05, 0) is 58.8 Å². The molecule has 0 aliphatic heterocycles. The Morgan fingerprint density at radius 3 is 2.60 bits per heavy atom. The van der Waals surface area contributed by atoms with Crippen LogP contribution in [0.2, 0.25) is 5.02 Å². The highest BCUT2D eigenvalue weighted by atomic mass is 35.5. The first-order valence-electron chi connectivity index (χ1n) is 6.18. The number of benzene rings is 2. The Morgan fingerprint density at radius 2 is 1.80 bits per heavy atom. The molecule has 0 spiro atoms. The van der Waals surface area contributed by atoms with Crippen molar-refractivity contribution >= 4 is 44.9 Å². The second-order valence-corrected chi connectivity index (χ2v) is 5.74. The Bertz CT molecular complexity index is 784. The molecule has 20 heavy (non-hydrogen) atoms. The van der Waals surface area contributed by atoms with Crippen LogP contribution in [-0.4, -0.2) is 5.78 Å². The van der Waals surface area contributed by atoms with Crippen molar-refractivity contribution in [3.05, 3.63) is 76.1 Å². The van der Waals surface area contributed by atoms with Gasteiger partial charge in [-0.25, -0.2) is 0 Å². The lowest BCUT2D eigenvalue weighted by molar-refractivity contribution is 0.104. The van der Waals surface area contributed by atoms with E-state index in [-0.39, 0.29) is 5.78 Å². The molecule has 1 heterocycles. The second kappa shape index (κ2) is 5.61. The molecule has 0 aliphatic rings. The molecular formula is C17H11ClOS. The van der Waals surface area contributed by atoms with Gasteiger partial charge < -0.3 is 0 Å². The summed E-state index contributed by atoms with van der Waals surface area (Å²) in [6, 6.07) is 15.1. The summed E-state index contributed by atoms with van der Waals surface area (Å²) in [4.78, 5) is 12.1. The molecule has 0 radical (unpaired) electrons. The number of fused-ring (bicyclic) bond motifs is 1. The predicted molar refractivity (Wildman–Crippen MR) is 86.6 cm³/mol. The van der Waals surface area contributed by atoms with Crippen molar-refractivity contribution in [1.82, 2.24) is 0 Å². The van der Waals surface area contributed by atoms with Gasteiger partial charge in [0.05, 0.1) is 0 Å². The SMILES string of the molecule is O=C(/C=C/c1csc2ccccc12)c1ccc(Cl)cc1. The van der Waals surface area contributed by atoms with Gasteiger partial charge in [0.1, 0.15) is 0 Å². The molecule has 0 atom stereocenters. The van der Waals surface area contributed by atoms with Crippen molar-refractivity contribution in [3.8, 4) is 0 Å². The van der Waals surface area contributed by atoms with Crippen LogP contribution < -0.4 is 0 Å². The van der Waals surface area contributed by atoms with Gasteiger partial charge >= 0.3 is 0 Å². The molecule has 0 bridgehead atoms. The molecular weight excluding hydrogens is 288 g/mol. The summed E-state index contributed by atoms with van der Waals surface area (Å²) in [5.74, 6) is -0.0167. The minimum absolute atomic E-state index is 0.0167. The lowest BCUT2D eigenvalue weighted by Crippen LogP contribution is -1.92. The van der Waals surface area contributed by atoms with Crippen LogP contribution in [0, 0.1) is 0 Å². The van der Waals surface area contributed by atoms with Crippen LogP contribution in [0.15, 0.2) is 60.0 Å². The van der Waals surface area contributed by atoms with E-state index in [1.54, 1.807) is 41.7 Å². The van der Waals surface area contributed by atoms with Gasteiger partial charge in [-0.3, -0.25) is 4.79 Å². The van der Waals surface area contributed by atoms with E-state index < -0.39 is 0 Å². The fourth-order valence-electron chi connectivity index (χ4n) is 2.00. The zero-order valence-corrected chi connectivity index (χ0v) is 12.1. The second-order valence-electron chi connectivity index (χ2n) is 4.39. The van der Waals surface area contributed by atoms with Crippen molar-refractivity contribution in [2.75, 3.05) is 0 Å². The maximum atomic E-state index is 12.1. The summed E-state index contributed by atoms with van der Waals surface area (Å²) in [7, 11) is 0. The van der Waals surface area contributed by atoms with E-state index in [1.165, 1.54) is 10.1 Å². The topological polar surface area (TPSA) is 17.1 Å². The van der Waals surface area contributed by atoms with E-state index in [4.69, 9.17) is 11.6 Å². The Labute approximate surface area is 126 Å². The molecule has 2 aromatic carbocycles. The van der Waals surface area contributed by atoms with E-state index in [0.717, 1.165) is 5.56 Å². The van der Waals surface area contributed by atoms with Crippen LogP contribution in [-0.2, 0) is 0 Å². The average molecular weight is 299 g/mol. The van der Waals surface area contributed by atoms with Gasteiger partial charge in [-0.15, -0.1) is 11.3 Å². The summed E-state index contributed by atoms with van der Waals surface area (Å²) in [5, 5.41) is 3.88. The Hall–Kier alpha value is -1.90.